The van der Waals surface area contributed by atoms with Crippen LogP contribution >= 0.6 is 11.3 Å². The van der Waals surface area contributed by atoms with Crippen LogP contribution in [0.25, 0.3) is 17.8 Å². The summed E-state index contributed by atoms with van der Waals surface area (Å²) in [6.45, 7) is 1.59. The topological polar surface area (TPSA) is 62.7 Å². The molecule has 0 bridgehead atoms. The van der Waals surface area contributed by atoms with E-state index in [-0.39, 0.29) is 0 Å². The van der Waals surface area contributed by atoms with Crippen molar-refractivity contribution in [1.82, 2.24) is 4.98 Å². The van der Waals surface area contributed by atoms with Gasteiger partial charge in [0.05, 0.1) is 28.6 Å². The fourth-order valence-corrected chi connectivity index (χ4v) is 2.44. The third-order valence-electron chi connectivity index (χ3n) is 3.00. The van der Waals surface area contributed by atoms with E-state index in [2.05, 4.69) is 4.98 Å². The van der Waals surface area contributed by atoms with Gasteiger partial charge in [-0.25, -0.2) is 4.98 Å². The monoisotopic (exact) mass is 335 g/mol. The second-order valence-electron chi connectivity index (χ2n) is 4.68. The van der Waals surface area contributed by atoms with Crippen molar-refractivity contribution in [2.45, 2.75) is 13.1 Å². The molecule has 1 aromatic heterocycles. The summed E-state index contributed by atoms with van der Waals surface area (Å²) in [5, 5.41) is 11.1. The SMILES string of the molecule is C/C(C#N)=C(\N)c1csc(/C=C/c2cccc(C(F)(F)F)c2)n1. The quantitative estimate of drug-likeness (QED) is 0.837. The number of hydrogen-bond acceptors (Lipinski definition) is 4. The molecule has 7 heteroatoms. The second-order valence-corrected chi connectivity index (χ2v) is 5.57. The van der Waals surface area contributed by atoms with E-state index in [1.807, 2.05) is 6.07 Å². The normalized spacial score (nSPS) is 13.0. The first-order chi connectivity index (χ1) is 10.8. The summed E-state index contributed by atoms with van der Waals surface area (Å²) in [5.74, 6) is 0. The summed E-state index contributed by atoms with van der Waals surface area (Å²) in [6.07, 6.45) is -1.21. The lowest BCUT2D eigenvalue weighted by molar-refractivity contribution is -0.137. The Morgan fingerprint density at radius 1 is 1.35 bits per heavy atom. The number of rotatable bonds is 3. The third kappa shape index (κ3) is 4.20. The predicted molar refractivity (Wildman–Crippen MR) is 84.9 cm³/mol. The molecule has 0 aliphatic heterocycles. The fraction of sp³-hybridized carbons (Fsp3) is 0.125. The summed E-state index contributed by atoms with van der Waals surface area (Å²) in [7, 11) is 0. The molecule has 2 N–H and O–H groups in total. The van der Waals surface area contributed by atoms with Gasteiger partial charge in [0.2, 0.25) is 0 Å². The maximum Gasteiger partial charge on any atom is 0.416 e. The first-order valence-electron chi connectivity index (χ1n) is 6.49. The minimum Gasteiger partial charge on any atom is -0.396 e. The summed E-state index contributed by atoms with van der Waals surface area (Å²) in [6, 6.07) is 6.97. The number of nitriles is 1. The number of allylic oxidation sites excluding steroid dienone is 1. The van der Waals surface area contributed by atoms with Crippen molar-refractivity contribution >= 4 is 29.2 Å². The zero-order valence-electron chi connectivity index (χ0n) is 12.1. The van der Waals surface area contributed by atoms with Crippen LogP contribution < -0.4 is 5.73 Å². The zero-order chi connectivity index (χ0) is 17.0. The van der Waals surface area contributed by atoms with E-state index >= 15 is 0 Å². The molecule has 0 fully saturated rings. The zero-order valence-corrected chi connectivity index (χ0v) is 12.9. The Labute approximate surface area is 135 Å². The van der Waals surface area contributed by atoms with Crippen molar-refractivity contribution in [3.05, 3.63) is 57.0 Å². The fourth-order valence-electron chi connectivity index (χ4n) is 1.73. The van der Waals surface area contributed by atoms with Crippen molar-refractivity contribution in [2.24, 2.45) is 5.73 Å². The van der Waals surface area contributed by atoms with Gasteiger partial charge in [-0.15, -0.1) is 11.3 Å². The molecule has 0 atom stereocenters. The number of halogens is 3. The number of alkyl halides is 3. The number of aromatic nitrogens is 1. The molecule has 23 heavy (non-hydrogen) atoms. The van der Waals surface area contributed by atoms with Crippen LogP contribution in [0.4, 0.5) is 13.2 Å². The molecular weight excluding hydrogens is 323 g/mol. The largest absolute Gasteiger partial charge is 0.416 e. The molecule has 0 spiro atoms. The molecule has 0 aliphatic rings. The number of nitrogens with two attached hydrogens (primary N) is 1. The van der Waals surface area contributed by atoms with Gasteiger partial charge in [-0.1, -0.05) is 18.2 Å². The third-order valence-corrected chi connectivity index (χ3v) is 3.81. The summed E-state index contributed by atoms with van der Waals surface area (Å²) in [5.41, 5.74) is 6.66. The molecule has 0 aliphatic carbocycles. The van der Waals surface area contributed by atoms with Gasteiger partial charge in [0, 0.05) is 5.38 Å². The first kappa shape index (κ1) is 16.8. The number of nitrogens with zero attached hydrogens (tertiary/aromatic N) is 2. The van der Waals surface area contributed by atoms with Gasteiger partial charge >= 0.3 is 6.18 Å². The molecule has 118 valence electrons. The van der Waals surface area contributed by atoms with Gasteiger partial charge in [0.25, 0.3) is 0 Å². The van der Waals surface area contributed by atoms with Crippen molar-refractivity contribution in [3.63, 3.8) is 0 Å². The van der Waals surface area contributed by atoms with Gasteiger partial charge in [0.1, 0.15) is 5.01 Å². The Morgan fingerprint density at radius 2 is 2.09 bits per heavy atom. The van der Waals surface area contributed by atoms with Crippen LogP contribution in [0.1, 0.15) is 28.8 Å². The molecule has 0 radical (unpaired) electrons. The highest BCUT2D eigenvalue weighted by Crippen LogP contribution is 2.30. The van der Waals surface area contributed by atoms with E-state index in [0.717, 1.165) is 12.1 Å². The number of benzene rings is 1. The highest BCUT2D eigenvalue weighted by Gasteiger charge is 2.30. The standard InChI is InChI=1S/C16H12F3N3S/c1-10(8-20)15(21)13-9-23-14(22-13)6-5-11-3-2-4-12(7-11)16(17,18)19/h2-7,9H,21H2,1H3/b6-5+,15-10+. The van der Waals surface area contributed by atoms with E-state index in [9.17, 15) is 13.2 Å². The number of thiazole rings is 1. The molecule has 1 heterocycles. The van der Waals surface area contributed by atoms with Crippen LogP contribution in [0, 0.1) is 11.3 Å². The summed E-state index contributed by atoms with van der Waals surface area (Å²) in [4.78, 5) is 4.24. The second kappa shape index (κ2) is 6.67. The van der Waals surface area contributed by atoms with Crippen LogP contribution in [0.5, 0.6) is 0 Å². The predicted octanol–water partition coefficient (Wildman–Crippen LogP) is 4.55. The highest BCUT2D eigenvalue weighted by atomic mass is 32.1. The Morgan fingerprint density at radius 3 is 2.74 bits per heavy atom. The van der Waals surface area contributed by atoms with E-state index < -0.39 is 11.7 Å². The average Bonchev–Trinajstić information content (AvgIpc) is 3.00. The Bertz CT molecular complexity index is 810. The molecule has 0 amide bonds. The Balaban J connectivity index is 2.23. The minimum absolute atomic E-state index is 0.294. The van der Waals surface area contributed by atoms with Gasteiger partial charge < -0.3 is 5.73 Å². The van der Waals surface area contributed by atoms with E-state index in [1.165, 1.54) is 17.4 Å². The molecule has 0 unspecified atom stereocenters. The van der Waals surface area contributed by atoms with Gasteiger partial charge in [-0.3, -0.25) is 0 Å². The van der Waals surface area contributed by atoms with Crippen LogP contribution in [-0.2, 0) is 6.18 Å². The van der Waals surface area contributed by atoms with E-state index in [1.54, 1.807) is 30.5 Å². The minimum atomic E-state index is -4.37. The van der Waals surface area contributed by atoms with Gasteiger partial charge in [0.15, 0.2) is 0 Å². The molecule has 0 saturated heterocycles. The summed E-state index contributed by atoms with van der Waals surface area (Å²) >= 11 is 1.29. The van der Waals surface area contributed by atoms with Crippen molar-refractivity contribution in [2.75, 3.05) is 0 Å². The lowest BCUT2D eigenvalue weighted by Crippen LogP contribution is -2.04. The van der Waals surface area contributed by atoms with Crippen LogP contribution in [-0.4, -0.2) is 4.98 Å². The molecule has 2 rings (SSSR count). The van der Waals surface area contributed by atoms with Crippen LogP contribution in [0.15, 0.2) is 35.2 Å². The number of hydrogen-bond donors (Lipinski definition) is 1. The van der Waals surface area contributed by atoms with E-state index in [0.29, 0.717) is 27.5 Å². The van der Waals surface area contributed by atoms with Crippen molar-refractivity contribution in [3.8, 4) is 6.07 Å². The molecule has 1 aromatic carbocycles. The maximum absolute atomic E-state index is 12.7. The molecule has 2 aromatic rings. The van der Waals surface area contributed by atoms with Crippen LogP contribution in [0.3, 0.4) is 0 Å². The van der Waals surface area contributed by atoms with Gasteiger partial charge in [-0.2, -0.15) is 18.4 Å². The Hall–Kier alpha value is -2.59. The molecule has 3 nitrogen and oxygen atoms in total. The summed E-state index contributed by atoms with van der Waals surface area (Å²) < 4.78 is 38.0. The first-order valence-corrected chi connectivity index (χ1v) is 7.37. The maximum atomic E-state index is 12.7. The lowest BCUT2D eigenvalue weighted by Gasteiger charge is -2.06. The van der Waals surface area contributed by atoms with E-state index in [4.69, 9.17) is 11.0 Å². The average molecular weight is 335 g/mol. The van der Waals surface area contributed by atoms with Crippen molar-refractivity contribution < 1.29 is 13.2 Å². The molecular formula is C16H12F3N3S. The Kier molecular flexibility index (Phi) is 4.86. The van der Waals surface area contributed by atoms with Crippen LogP contribution in [0.2, 0.25) is 0 Å². The highest BCUT2D eigenvalue weighted by molar-refractivity contribution is 7.10. The van der Waals surface area contributed by atoms with Gasteiger partial charge in [-0.05, 0) is 30.7 Å². The molecule has 0 saturated carbocycles. The van der Waals surface area contributed by atoms with Crippen molar-refractivity contribution in [1.29, 1.82) is 5.26 Å². The smallest absolute Gasteiger partial charge is 0.396 e. The lowest BCUT2D eigenvalue weighted by atomic mass is 10.1.